The third-order valence-electron chi connectivity index (χ3n) is 4.68. The molecule has 0 fully saturated rings. The average molecular weight is 344 g/mol. The molecule has 3 aromatic rings. The van der Waals surface area contributed by atoms with Gasteiger partial charge in [-0.3, -0.25) is 4.68 Å². The number of aromatic nitrogens is 3. The number of nitrogens with zero attached hydrogens (tertiary/aromatic N) is 4. The molecule has 26 heavy (non-hydrogen) atoms. The fourth-order valence-corrected chi connectivity index (χ4v) is 3.25. The third kappa shape index (κ3) is 2.93. The monoisotopic (exact) mass is 344 g/mol. The number of rotatable bonds is 2. The molecule has 0 saturated carbocycles. The number of aryl methyl sites for hydroxylation is 2. The maximum absolute atomic E-state index is 9.59. The molecular formula is C20H20N6. The predicted molar refractivity (Wildman–Crippen MR) is 101 cm³/mol. The number of hydrogen-bond donors (Lipinski definition) is 2. The van der Waals surface area contributed by atoms with Crippen molar-refractivity contribution >= 4 is 5.82 Å². The second-order valence-electron chi connectivity index (χ2n) is 6.57. The average Bonchev–Trinajstić information content (AvgIpc) is 2.92. The van der Waals surface area contributed by atoms with E-state index in [1.165, 1.54) is 5.56 Å². The van der Waals surface area contributed by atoms with Crippen LogP contribution in [-0.2, 0) is 13.1 Å². The minimum absolute atomic E-state index is 0.238. The molecule has 0 amide bonds. The van der Waals surface area contributed by atoms with Gasteiger partial charge in [-0.1, -0.05) is 29.8 Å². The highest BCUT2D eigenvalue weighted by Crippen LogP contribution is 2.31. The molecule has 0 saturated heterocycles. The summed E-state index contributed by atoms with van der Waals surface area (Å²) in [7, 11) is 0. The molecule has 6 nitrogen and oxygen atoms in total. The van der Waals surface area contributed by atoms with Crippen molar-refractivity contribution in [3.63, 3.8) is 0 Å². The molecule has 1 aromatic carbocycles. The summed E-state index contributed by atoms with van der Waals surface area (Å²) in [5, 5.41) is 17.7. The van der Waals surface area contributed by atoms with E-state index in [9.17, 15) is 5.26 Å². The molecule has 3 heterocycles. The quantitative estimate of drug-likeness (QED) is 0.746. The molecule has 0 spiro atoms. The first-order chi connectivity index (χ1) is 12.7. The summed E-state index contributed by atoms with van der Waals surface area (Å²) in [6, 6.07) is 14.2. The number of pyridine rings is 1. The van der Waals surface area contributed by atoms with Gasteiger partial charge in [0.25, 0.3) is 0 Å². The molecule has 130 valence electrons. The number of fused-ring (bicyclic) bond motifs is 1. The van der Waals surface area contributed by atoms with Crippen LogP contribution >= 0.6 is 0 Å². The standard InChI is InChI=1S/C20H20N6/c1-13-3-5-14(6-4-13)18-10-16(17(11-21)20(22)24-18)19-9-15-12-23-7-2-8-26(15)25-19/h3-6,9-10,23H,2,7-8,12H2,1H3,(H2,22,24). The van der Waals surface area contributed by atoms with Crippen molar-refractivity contribution in [2.24, 2.45) is 0 Å². The molecular weight excluding hydrogens is 324 g/mol. The van der Waals surface area contributed by atoms with E-state index in [4.69, 9.17) is 10.8 Å². The molecule has 3 N–H and O–H groups in total. The number of nitrogen functional groups attached to an aromatic ring is 1. The first kappa shape index (κ1) is 16.3. The zero-order chi connectivity index (χ0) is 18.1. The van der Waals surface area contributed by atoms with Crippen LogP contribution in [0.3, 0.4) is 0 Å². The van der Waals surface area contributed by atoms with Gasteiger partial charge in [0.15, 0.2) is 0 Å². The zero-order valence-corrected chi connectivity index (χ0v) is 14.7. The van der Waals surface area contributed by atoms with E-state index >= 15 is 0 Å². The zero-order valence-electron chi connectivity index (χ0n) is 14.7. The Labute approximate surface area is 152 Å². The minimum atomic E-state index is 0.238. The van der Waals surface area contributed by atoms with Crippen LogP contribution in [-0.4, -0.2) is 21.3 Å². The Bertz CT molecular complexity index is 971. The Kier molecular flexibility index (Phi) is 4.15. The van der Waals surface area contributed by atoms with Crippen molar-refractivity contribution in [2.45, 2.75) is 26.4 Å². The molecule has 2 aromatic heterocycles. The Balaban J connectivity index is 1.85. The second-order valence-corrected chi connectivity index (χ2v) is 6.57. The molecule has 0 radical (unpaired) electrons. The third-order valence-corrected chi connectivity index (χ3v) is 4.68. The van der Waals surface area contributed by atoms with Crippen LogP contribution in [0.1, 0.15) is 23.2 Å². The molecule has 0 aliphatic carbocycles. The van der Waals surface area contributed by atoms with Crippen LogP contribution in [0.25, 0.3) is 22.5 Å². The van der Waals surface area contributed by atoms with Crippen LogP contribution in [0.5, 0.6) is 0 Å². The smallest absolute Gasteiger partial charge is 0.142 e. The minimum Gasteiger partial charge on any atom is -0.383 e. The first-order valence-corrected chi connectivity index (χ1v) is 8.71. The highest BCUT2D eigenvalue weighted by atomic mass is 15.3. The summed E-state index contributed by atoms with van der Waals surface area (Å²) in [6.45, 7) is 4.68. The van der Waals surface area contributed by atoms with Gasteiger partial charge in [0, 0.05) is 24.2 Å². The first-order valence-electron chi connectivity index (χ1n) is 8.71. The molecule has 6 heteroatoms. The number of anilines is 1. The van der Waals surface area contributed by atoms with Crippen molar-refractivity contribution in [1.29, 1.82) is 5.26 Å². The van der Waals surface area contributed by atoms with Gasteiger partial charge >= 0.3 is 0 Å². The Morgan fingerprint density at radius 3 is 2.77 bits per heavy atom. The van der Waals surface area contributed by atoms with Gasteiger partial charge in [-0.15, -0.1) is 0 Å². The van der Waals surface area contributed by atoms with E-state index in [1.807, 2.05) is 48.0 Å². The lowest BCUT2D eigenvalue weighted by atomic mass is 10.0. The Morgan fingerprint density at radius 2 is 2.00 bits per heavy atom. The van der Waals surface area contributed by atoms with Gasteiger partial charge in [0.05, 0.1) is 17.1 Å². The van der Waals surface area contributed by atoms with Crippen LogP contribution in [0.15, 0.2) is 36.4 Å². The molecule has 1 aliphatic heterocycles. The maximum atomic E-state index is 9.59. The lowest BCUT2D eigenvalue weighted by Gasteiger charge is -2.09. The van der Waals surface area contributed by atoms with Gasteiger partial charge in [0.1, 0.15) is 17.5 Å². The van der Waals surface area contributed by atoms with E-state index in [0.29, 0.717) is 5.56 Å². The molecule has 0 unspecified atom stereocenters. The summed E-state index contributed by atoms with van der Waals surface area (Å²) in [4.78, 5) is 4.44. The summed E-state index contributed by atoms with van der Waals surface area (Å²) in [5.41, 5.74) is 12.0. The summed E-state index contributed by atoms with van der Waals surface area (Å²) in [6.07, 6.45) is 1.03. The number of nitriles is 1. The van der Waals surface area contributed by atoms with E-state index in [0.717, 1.165) is 54.3 Å². The number of nitrogens with one attached hydrogen (secondary N) is 1. The van der Waals surface area contributed by atoms with Crippen LogP contribution in [0.4, 0.5) is 5.82 Å². The van der Waals surface area contributed by atoms with E-state index in [-0.39, 0.29) is 5.82 Å². The van der Waals surface area contributed by atoms with Crippen LogP contribution in [0, 0.1) is 18.3 Å². The Morgan fingerprint density at radius 1 is 1.19 bits per heavy atom. The molecule has 1 aliphatic rings. The maximum Gasteiger partial charge on any atom is 0.142 e. The highest BCUT2D eigenvalue weighted by Gasteiger charge is 2.18. The Hall–Kier alpha value is -3.17. The summed E-state index contributed by atoms with van der Waals surface area (Å²) < 4.78 is 2.01. The molecule has 0 atom stereocenters. The SMILES string of the molecule is Cc1ccc(-c2cc(-c3cc4n(n3)CCCNC4)c(C#N)c(N)n2)cc1. The molecule has 4 rings (SSSR count). The van der Waals surface area contributed by atoms with E-state index < -0.39 is 0 Å². The number of nitrogens with two attached hydrogens (primary N) is 1. The highest BCUT2D eigenvalue weighted by molar-refractivity contribution is 5.78. The van der Waals surface area contributed by atoms with E-state index in [2.05, 4.69) is 16.4 Å². The predicted octanol–water partition coefficient (Wildman–Crippen LogP) is 2.87. The van der Waals surface area contributed by atoms with Crippen molar-refractivity contribution in [2.75, 3.05) is 12.3 Å². The van der Waals surface area contributed by atoms with Gasteiger partial charge in [0.2, 0.25) is 0 Å². The lowest BCUT2D eigenvalue weighted by Crippen LogP contribution is -2.11. The van der Waals surface area contributed by atoms with Gasteiger partial charge in [-0.25, -0.2) is 4.98 Å². The fourth-order valence-electron chi connectivity index (χ4n) is 3.25. The van der Waals surface area contributed by atoms with E-state index in [1.54, 1.807) is 0 Å². The van der Waals surface area contributed by atoms with Crippen molar-refractivity contribution in [1.82, 2.24) is 20.1 Å². The summed E-state index contributed by atoms with van der Waals surface area (Å²) in [5.74, 6) is 0.238. The topological polar surface area (TPSA) is 92.5 Å². The summed E-state index contributed by atoms with van der Waals surface area (Å²) >= 11 is 0. The number of benzene rings is 1. The van der Waals surface area contributed by atoms with Gasteiger partial charge in [-0.05, 0) is 32.0 Å². The molecule has 0 bridgehead atoms. The van der Waals surface area contributed by atoms with Crippen molar-refractivity contribution in [3.05, 3.63) is 53.2 Å². The number of hydrogen-bond acceptors (Lipinski definition) is 5. The van der Waals surface area contributed by atoms with Crippen molar-refractivity contribution < 1.29 is 0 Å². The van der Waals surface area contributed by atoms with Gasteiger partial charge in [-0.2, -0.15) is 10.4 Å². The normalized spacial score (nSPS) is 13.7. The fraction of sp³-hybridized carbons (Fsp3) is 0.250. The van der Waals surface area contributed by atoms with Crippen LogP contribution in [0.2, 0.25) is 0 Å². The largest absolute Gasteiger partial charge is 0.383 e. The van der Waals surface area contributed by atoms with Crippen molar-refractivity contribution in [3.8, 4) is 28.6 Å². The second kappa shape index (κ2) is 6.62. The lowest BCUT2D eigenvalue weighted by molar-refractivity contribution is 0.589. The van der Waals surface area contributed by atoms with Gasteiger partial charge < -0.3 is 11.1 Å². The van der Waals surface area contributed by atoms with Crippen LogP contribution < -0.4 is 11.1 Å².